The summed E-state index contributed by atoms with van der Waals surface area (Å²) in [6.07, 6.45) is -0.0330. The van der Waals surface area contributed by atoms with Crippen LogP contribution in [0.5, 0.6) is 0 Å². The van der Waals surface area contributed by atoms with Gasteiger partial charge in [0, 0.05) is 10.7 Å². The van der Waals surface area contributed by atoms with Crippen LogP contribution >= 0.6 is 11.6 Å². The standard InChI is InChI=1S/C13H12ClNO3/c1-8-11(13(17)18)6-12(16)15(8)7-9-2-4-10(14)5-3-9/h2-5H,6-7H2,1H3,(H,17,18). The van der Waals surface area contributed by atoms with Crippen molar-refractivity contribution in [3.05, 3.63) is 46.1 Å². The molecule has 0 fully saturated rings. The molecule has 0 radical (unpaired) electrons. The van der Waals surface area contributed by atoms with E-state index in [1.165, 1.54) is 4.90 Å². The van der Waals surface area contributed by atoms with Crippen molar-refractivity contribution < 1.29 is 14.7 Å². The highest BCUT2D eigenvalue weighted by atomic mass is 35.5. The van der Waals surface area contributed by atoms with E-state index in [-0.39, 0.29) is 17.9 Å². The van der Waals surface area contributed by atoms with Gasteiger partial charge in [0.1, 0.15) is 0 Å². The van der Waals surface area contributed by atoms with Crippen LogP contribution in [-0.2, 0) is 16.1 Å². The Labute approximate surface area is 109 Å². The summed E-state index contributed by atoms with van der Waals surface area (Å²) in [4.78, 5) is 24.2. The summed E-state index contributed by atoms with van der Waals surface area (Å²) in [5.41, 5.74) is 1.61. The quantitative estimate of drug-likeness (QED) is 0.913. The van der Waals surface area contributed by atoms with Gasteiger partial charge >= 0.3 is 5.97 Å². The lowest BCUT2D eigenvalue weighted by Gasteiger charge is -2.18. The SMILES string of the molecule is CC1=C(C(=O)O)CC(=O)N1Cc1ccc(Cl)cc1. The van der Waals surface area contributed by atoms with Crippen LogP contribution in [-0.4, -0.2) is 21.9 Å². The summed E-state index contributed by atoms with van der Waals surface area (Å²) in [5.74, 6) is -1.21. The molecule has 1 aromatic rings. The number of carboxylic acid groups (broad SMARTS) is 1. The fourth-order valence-corrected chi connectivity index (χ4v) is 2.06. The Hall–Kier alpha value is -1.81. The molecule has 0 unspecified atom stereocenters. The maximum Gasteiger partial charge on any atom is 0.333 e. The van der Waals surface area contributed by atoms with Gasteiger partial charge in [0.25, 0.3) is 0 Å². The Bertz CT molecular complexity index is 534. The zero-order valence-corrected chi connectivity index (χ0v) is 10.6. The molecule has 2 rings (SSSR count). The lowest BCUT2D eigenvalue weighted by molar-refractivity contribution is -0.134. The smallest absolute Gasteiger partial charge is 0.333 e. The number of halogens is 1. The van der Waals surface area contributed by atoms with E-state index in [1.54, 1.807) is 19.1 Å². The highest BCUT2D eigenvalue weighted by Gasteiger charge is 2.30. The second-order valence-electron chi connectivity index (χ2n) is 4.15. The zero-order chi connectivity index (χ0) is 13.3. The molecule has 0 spiro atoms. The van der Waals surface area contributed by atoms with Crippen LogP contribution in [0.1, 0.15) is 18.9 Å². The largest absolute Gasteiger partial charge is 0.478 e. The van der Waals surface area contributed by atoms with Crippen molar-refractivity contribution in [3.8, 4) is 0 Å². The third-order valence-electron chi connectivity index (χ3n) is 2.98. The first-order chi connectivity index (χ1) is 8.49. The van der Waals surface area contributed by atoms with Gasteiger partial charge in [-0.1, -0.05) is 23.7 Å². The monoisotopic (exact) mass is 265 g/mol. The van der Waals surface area contributed by atoms with Gasteiger partial charge in [-0.05, 0) is 24.6 Å². The molecule has 1 N–H and O–H groups in total. The number of aliphatic carboxylic acids is 1. The number of carboxylic acids is 1. The molecule has 1 aliphatic rings. The molecule has 1 aliphatic heterocycles. The summed E-state index contributed by atoms with van der Waals surface area (Å²) in [6, 6.07) is 7.13. The highest BCUT2D eigenvalue weighted by Crippen LogP contribution is 2.26. The molecule has 1 heterocycles. The first kappa shape index (κ1) is 12.6. The maximum absolute atomic E-state index is 11.8. The Kier molecular flexibility index (Phi) is 3.39. The molecule has 18 heavy (non-hydrogen) atoms. The van der Waals surface area contributed by atoms with Crippen LogP contribution in [0.4, 0.5) is 0 Å². The molecule has 1 amide bonds. The zero-order valence-electron chi connectivity index (χ0n) is 9.81. The number of carbonyl (C=O) groups excluding carboxylic acids is 1. The van der Waals surface area contributed by atoms with Crippen LogP contribution < -0.4 is 0 Å². The Morgan fingerprint density at radius 2 is 2.00 bits per heavy atom. The van der Waals surface area contributed by atoms with Gasteiger partial charge in [0.2, 0.25) is 5.91 Å². The molecular weight excluding hydrogens is 254 g/mol. The fraction of sp³-hybridized carbons (Fsp3) is 0.231. The molecule has 0 aliphatic carbocycles. The minimum Gasteiger partial charge on any atom is -0.478 e. The van der Waals surface area contributed by atoms with Crippen LogP contribution in [0.25, 0.3) is 0 Å². The van der Waals surface area contributed by atoms with Crippen molar-refractivity contribution >= 4 is 23.5 Å². The molecule has 0 saturated heterocycles. The number of hydrogen-bond acceptors (Lipinski definition) is 2. The minimum absolute atomic E-state index is 0.0330. The Morgan fingerprint density at radius 1 is 1.39 bits per heavy atom. The van der Waals surface area contributed by atoms with Gasteiger partial charge in [-0.25, -0.2) is 4.79 Å². The highest BCUT2D eigenvalue weighted by molar-refractivity contribution is 6.30. The second kappa shape index (κ2) is 4.82. The maximum atomic E-state index is 11.8. The first-order valence-electron chi connectivity index (χ1n) is 5.47. The summed E-state index contributed by atoms with van der Waals surface area (Å²) in [6.45, 7) is 2.03. The van der Waals surface area contributed by atoms with Crippen molar-refractivity contribution in [1.82, 2.24) is 4.90 Å². The fourth-order valence-electron chi connectivity index (χ4n) is 1.93. The van der Waals surface area contributed by atoms with Crippen LogP contribution in [0, 0.1) is 0 Å². The number of rotatable bonds is 3. The number of nitrogens with zero attached hydrogens (tertiary/aromatic N) is 1. The number of amides is 1. The van der Waals surface area contributed by atoms with Gasteiger partial charge in [0.15, 0.2) is 0 Å². The number of allylic oxidation sites excluding steroid dienone is 1. The van der Waals surface area contributed by atoms with E-state index < -0.39 is 5.97 Å². The van der Waals surface area contributed by atoms with Crippen molar-refractivity contribution in [2.75, 3.05) is 0 Å². The molecule has 0 bridgehead atoms. The third kappa shape index (κ3) is 2.38. The van der Waals surface area contributed by atoms with Gasteiger partial charge in [-0.2, -0.15) is 0 Å². The normalized spacial score (nSPS) is 15.4. The Balaban J connectivity index is 2.21. The van der Waals surface area contributed by atoms with E-state index >= 15 is 0 Å². The average Bonchev–Trinajstić information content (AvgIpc) is 2.60. The van der Waals surface area contributed by atoms with Gasteiger partial charge in [-0.15, -0.1) is 0 Å². The first-order valence-corrected chi connectivity index (χ1v) is 5.84. The third-order valence-corrected chi connectivity index (χ3v) is 3.23. The van der Waals surface area contributed by atoms with E-state index in [2.05, 4.69) is 0 Å². The lowest BCUT2D eigenvalue weighted by Crippen LogP contribution is -2.23. The summed E-state index contributed by atoms with van der Waals surface area (Å²) in [7, 11) is 0. The number of carbonyl (C=O) groups is 2. The van der Waals surface area contributed by atoms with Crippen molar-refractivity contribution in [2.45, 2.75) is 19.9 Å². The predicted octanol–water partition coefficient (Wildman–Crippen LogP) is 2.43. The van der Waals surface area contributed by atoms with E-state index in [1.807, 2.05) is 12.1 Å². The van der Waals surface area contributed by atoms with Crippen LogP contribution in [0.2, 0.25) is 5.02 Å². The number of benzene rings is 1. The van der Waals surface area contributed by atoms with Gasteiger partial charge in [0.05, 0.1) is 18.5 Å². The van der Waals surface area contributed by atoms with E-state index in [0.717, 1.165) is 5.56 Å². The number of hydrogen-bond donors (Lipinski definition) is 1. The summed E-state index contributed by atoms with van der Waals surface area (Å²) < 4.78 is 0. The van der Waals surface area contributed by atoms with Gasteiger partial charge < -0.3 is 10.0 Å². The van der Waals surface area contributed by atoms with Crippen molar-refractivity contribution in [1.29, 1.82) is 0 Å². The molecule has 94 valence electrons. The van der Waals surface area contributed by atoms with E-state index in [4.69, 9.17) is 16.7 Å². The molecule has 0 saturated carbocycles. The molecule has 0 atom stereocenters. The lowest BCUT2D eigenvalue weighted by atomic mass is 10.2. The molecule has 5 heteroatoms. The predicted molar refractivity (Wildman–Crippen MR) is 67.0 cm³/mol. The summed E-state index contributed by atoms with van der Waals surface area (Å²) in [5, 5.41) is 9.60. The average molecular weight is 266 g/mol. The van der Waals surface area contributed by atoms with E-state index in [0.29, 0.717) is 17.3 Å². The molecule has 1 aromatic carbocycles. The summed E-state index contributed by atoms with van der Waals surface area (Å²) >= 11 is 5.78. The van der Waals surface area contributed by atoms with Crippen molar-refractivity contribution in [3.63, 3.8) is 0 Å². The van der Waals surface area contributed by atoms with Crippen LogP contribution in [0.3, 0.4) is 0 Å². The second-order valence-corrected chi connectivity index (χ2v) is 4.59. The molecular formula is C13H12ClNO3. The van der Waals surface area contributed by atoms with Gasteiger partial charge in [-0.3, -0.25) is 4.79 Å². The molecule has 4 nitrogen and oxygen atoms in total. The molecule has 0 aromatic heterocycles. The van der Waals surface area contributed by atoms with E-state index in [9.17, 15) is 9.59 Å². The topological polar surface area (TPSA) is 57.6 Å². The van der Waals surface area contributed by atoms with Crippen LogP contribution in [0.15, 0.2) is 35.5 Å². The minimum atomic E-state index is -1.03. The van der Waals surface area contributed by atoms with Crippen molar-refractivity contribution in [2.24, 2.45) is 0 Å². The Morgan fingerprint density at radius 3 is 2.50 bits per heavy atom.